The highest BCUT2D eigenvalue weighted by molar-refractivity contribution is 6.02. The Hall–Kier alpha value is -2.71. The van der Waals surface area contributed by atoms with Gasteiger partial charge in [-0.25, -0.2) is 0 Å². The van der Waals surface area contributed by atoms with E-state index >= 15 is 0 Å². The van der Waals surface area contributed by atoms with Gasteiger partial charge in [0.25, 0.3) is 0 Å². The van der Waals surface area contributed by atoms with Crippen LogP contribution in [0.1, 0.15) is 64.4 Å². The van der Waals surface area contributed by atoms with E-state index in [0.29, 0.717) is 24.1 Å². The van der Waals surface area contributed by atoms with E-state index in [-0.39, 0.29) is 23.8 Å². The molecule has 0 aromatic heterocycles. The first kappa shape index (κ1) is 28.4. The Balaban J connectivity index is 1.25. The Morgan fingerprint density at radius 2 is 1.85 bits per heavy atom. The minimum atomic E-state index is -1.12. The van der Waals surface area contributed by atoms with E-state index in [1.807, 2.05) is 43.3 Å². The fraction of sp³-hybridized carbons (Fsp3) is 0.667. The number of fused-ring (bicyclic) bond motifs is 1. The molecule has 2 N–H and O–H groups in total. The summed E-state index contributed by atoms with van der Waals surface area (Å²) in [6.07, 6.45) is 11.0. The number of amides is 3. The van der Waals surface area contributed by atoms with Crippen molar-refractivity contribution in [3.05, 3.63) is 42.0 Å². The molecule has 3 amide bonds. The Bertz CT molecular complexity index is 1200. The summed E-state index contributed by atoms with van der Waals surface area (Å²) in [6, 6.07) is 6.97. The quantitative estimate of drug-likeness (QED) is 0.469. The molecule has 6 rings (SSSR count). The second-order valence-electron chi connectivity index (χ2n) is 13.2. The molecule has 3 saturated heterocycles. The zero-order chi connectivity index (χ0) is 28.7. The molecule has 1 aliphatic carbocycles. The highest BCUT2D eigenvalue weighted by Gasteiger charge is 2.72. The van der Waals surface area contributed by atoms with Gasteiger partial charge in [-0.2, -0.15) is 0 Å². The Morgan fingerprint density at radius 3 is 2.63 bits per heavy atom. The highest BCUT2D eigenvalue weighted by atomic mass is 16.5. The van der Waals surface area contributed by atoms with Gasteiger partial charge >= 0.3 is 0 Å². The molecular formula is C33H46N4O4. The lowest BCUT2D eigenvalue weighted by atomic mass is 9.73. The number of benzene rings is 1. The maximum Gasteiger partial charge on any atom is 0.246 e. The second kappa shape index (κ2) is 11.5. The minimum absolute atomic E-state index is 0.0787. The first-order valence-corrected chi connectivity index (χ1v) is 15.9. The average molecular weight is 563 g/mol. The van der Waals surface area contributed by atoms with E-state index in [4.69, 9.17) is 4.74 Å². The van der Waals surface area contributed by atoms with Crippen molar-refractivity contribution in [1.82, 2.24) is 15.1 Å². The molecule has 1 aromatic carbocycles. The molecule has 4 fully saturated rings. The number of likely N-dealkylation sites (tertiary alicyclic amines) is 2. The van der Waals surface area contributed by atoms with Crippen LogP contribution in [0.2, 0.25) is 0 Å². The van der Waals surface area contributed by atoms with E-state index in [9.17, 15) is 14.4 Å². The number of hydrogen-bond donors (Lipinski definition) is 2. The van der Waals surface area contributed by atoms with Crippen LogP contribution in [0.25, 0.3) is 0 Å². The number of nitrogens with zero attached hydrogens (tertiary/aromatic N) is 2. The zero-order valence-corrected chi connectivity index (χ0v) is 24.8. The van der Waals surface area contributed by atoms with Crippen LogP contribution < -0.4 is 10.6 Å². The van der Waals surface area contributed by atoms with Crippen molar-refractivity contribution < 1.29 is 19.1 Å². The van der Waals surface area contributed by atoms with Crippen molar-refractivity contribution in [3.63, 3.8) is 0 Å². The molecule has 1 aromatic rings. The van der Waals surface area contributed by atoms with Gasteiger partial charge in [-0.3, -0.25) is 14.4 Å². The Morgan fingerprint density at radius 1 is 1.05 bits per heavy atom. The molecule has 41 heavy (non-hydrogen) atoms. The van der Waals surface area contributed by atoms with Gasteiger partial charge in [-0.15, -0.1) is 0 Å². The Labute approximate surface area is 244 Å². The highest BCUT2D eigenvalue weighted by Crippen LogP contribution is 2.55. The van der Waals surface area contributed by atoms with E-state index < -0.39 is 29.6 Å². The number of carbonyl (C=O) groups excluding carboxylic acids is 3. The summed E-state index contributed by atoms with van der Waals surface area (Å²) in [7, 11) is 0. The number of nitrogens with one attached hydrogen (secondary N) is 2. The van der Waals surface area contributed by atoms with Crippen LogP contribution in [0.5, 0.6) is 0 Å². The molecule has 8 heteroatoms. The van der Waals surface area contributed by atoms with Crippen LogP contribution in [0.15, 0.2) is 36.4 Å². The minimum Gasteiger partial charge on any atom is -0.359 e. The first-order valence-electron chi connectivity index (χ1n) is 15.9. The maximum atomic E-state index is 14.2. The predicted molar refractivity (Wildman–Crippen MR) is 158 cm³/mol. The summed E-state index contributed by atoms with van der Waals surface area (Å²) in [4.78, 5) is 46.3. The maximum absolute atomic E-state index is 14.2. The SMILES string of the molecule is Cc1cccc(NC(=O)[C@@H]2[C@@H]3C=C[C@]4(O3)[C@@H]2C(=O)N(CCCN2CCCCC2)[C@H]4C(=O)N[C@@H]2CCC[C@@H](C)[C@@H]2C)c1. The van der Waals surface area contributed by atoms with Crippen LogP contribution in [0.3, 0.4) is 0 Å². The third-order valence-corrected chi connectivity index (χ3v) is 10.6. The molecule has 1 spiro atoms. The summed E-state index contributed by atoms with van der Waals surface area (Å²) in [5, 5.41) is 6.38. The number of hydrogen-bond acceptors (Lipinski definition) is 5. The van der Waals surface area contributed by atoms with E-state index in [1.54, 1.807) is 4.90 Å². The monoisotopic (exact) mass is 562 g/mol. The van der Waals surface area contributed by atoms with Gasteiger partial charge in [0.1, 0.15) is 11.6 Å². The van der Waals surface area contributed by atoms with Crippen molar-refractivity contribution in [3.8, 4) is 0 Å². The van der Waals surface area contributed by atoms with Gasteiger partial charge in [0.15, 0.2) is 0 Å². The number of rotatable bonds is 8. The standard InChI is InChI=1S/C33H46N4O4/c1-21-10-7-12-24(20-21)34-30(38)27-26-14-15-33(41-26)28(27)32(40)37(19-9-18-36-16-5-4-6-17-36)29(33)31(39)35-25-13-8-11-22(2)23(25)3/h7,10,12,14-15,20,22-23,25-29H,4-6,8-9,11,13,16-19H2,1-3H3,(H,34,38)(H,35,39)/t22-,23+,25-,26+,27-,28+,29+,33+/m1/s1. The molecule has 5 aliphatic rings. The lowest BCUT2D eigenvalue weighted by molar-refractivity contribution is -0.141. The fourth-order valence-corrected chi connectivity index (χ4v) is 8.15. The molecule has 8 nitrogen and oxygen atoms in total. The van der Waals surface area contributed by atoms with Crippen LogP contribution in [-0.2, 0) is 19.1 Å². The lowest BCUT2D eigenvalue weighted by Crippen LogP contribution is -2.58. The Kier molecular flexibility index (Phi) is 7.98. The predicted octanol–water partition coefficient (Wildman–Crippen LogP) is 3.90. The van der Waals surface area contributed by atoms with Gasteiger partial charge in [-0.05, 0) is 81.8 Å². The number of aryl methyl sites for hydroxylation is 1. The van der Waals surface area contributed by atoms with Crippen LogP contribution in [0.4, 0.5) is 5.69 Å². The van der Waals surface area contributed by atoms with Gasteiger partial charge in [0.2, 0.25) is 17.7 Å². The first-order chi connectivity index (χ1) is 19.8. The smallest absolute Gasteiger partial charge is 0.246 e. The van der Waals surface area contributed by atoms with Crippen LogP contribution >= 0.6 is 0 Å². The van der Waals surface area contributed by atoms with Crippen LogP contribution in [0, 0.1) is 30.6 Å². The van der Waals surface area contributed by atoms with E-state index in [2.05, 4.69) is 29.4 Å². The van der Waals surface area contributed by atoms with Crippen LogP contribution in [-0.4, -0.2) is 77.5 Å². The summed E-state index contributed by atoms with van der Waals surface area (Å²) >= 11 is 0. The number of piperidine rings is 1. The zero-order valence-electron chi connectivity index (χ0n) is 24.8. The van der Waals surface area contributed by atoms with Crippen molar-refractivity contribution in [2.45, 2.75) is 89.5 Å². The van der Waals surface area contributed by atoms with Gasteiger partial charge in [-0.1, -0.05) is 57.4 Å². The third-order valence-electron chi connectivity index (χ3n) is 10.6. The molecular weight excluding hydrogens is 516 g/mol. The van der Waals surface area contributed by atoms with E-state index in [0.717, 1.165) is 44.5 Å². The van der Waals surface area contributed by atoms with Crippen molar-refractivity contribution >= 4 is 23.4 Å². The number of carbonyl (C=O) groups is 3. The fourth-order valence-electron chi connectivity index (χ4n) is 8.15. The summed E-state index contributed by atoms with van der Waals surface area (Å²) in [5.74, 6) is -0.984. The van der Waals surface area contributed by atoms with Gasteiger partial charge < -0.3 is 25.2 Å². The number of anilines is 1. The number of ether oxygens (including phenoxy) is 1. The average Bonchev–Trinajstić information content (AvgIpc) is 3.59. The summed E-state index contributed by atoms with van der Waals surface area (Å²) in [5.41, 5.74) is 0.632. The third kappa shape index (κ3) is 5.22. The molecule has 8 atom stereocenters. The van der Waals surface area contributed by atoms with E-state index in [1.165, 1.54) is 25.7 Å². The summed E-state index contributed by atoms with van der Waals surface area (Å²) < 4.78 is 6.54. The largest absolute Gasteiger partial charge is 0.359 e. The topological polar surface area (TPSA) is 91.0 Å². The van der Waals surface area contributed by atoms with Gasteiger partial charge in [0.05, 0.1) is 17.9 Å². The van der Waals surface area contributed by atoms with Gasteiger partial charge in [0, 0.05) is 18.3 Å². The molecule has 0 unspecified atom stereocenters. The molecule has 2 bridgehead atoms. The lowest BCUT2D eigenvalue weighted by Gasteiger charge is -2.38. The molecule has 4 heterocycles. The van der Waals surface area contributed by atoms with Crippen molar-refractivity contribution in [2.24, 2.45) is 23.7 Å². The molecule has 0 radical (unpaired) electrons. The van der Waals surface area contributed by atoms with Crippen molar-refractivity contribution in [1.29, 1.82) is 0 Å². The molecule has 1 saturated carbocycles. The molecule has 222 valence electrons. The van der Waals surface area contributed by atoms with Crippen molar-refractivity contribution in [2.75, 3.05) is 31.5 Å². The summed E-state index contributed by atoms with van der Waals surface area (Å²) in [6.45, 7) is 10.0. The second-order valence-corrected chi connectivity index (χ2v) is 13.2. The normalized spacial score (nSPS) is 36.4. The molecule has 4 aliphatic heterocycles.